The van der Waals surface area contributed by atoms with Gasteiger partial charge in [-0.1, -0.05) is 17.7 Å². The number of likely N-dealkylation sites (tertiary alicyclic amines) is 1. The summed E-state index contributed by atoms with van der Waals surface area (Å²) < 4.78 is 5.55. The topological polar surface area (TPSA) is 49.5 Å². The SMILES string of the molecule is Cc1ccc(-c2nc(CN3CCC(C)(O)C3)co2)cc1. The highest BCUT2D eigenvalue weighted by Gasteiger charge is 2.31. The lowest BCUT2D eigenvalue weighted by atomic mass is 10.1. The smallest absolute Gasteiger partial charge is 0.226 e. The predicted octanol–water partition coefficient (Wildman–Crippen LogP) is 2.61. The van der Waals surface area contributed by atoms with Crippen LogP contribution in [0.1, 0.15) is 24.6 Å². The molecule has 1 aromatic carbocycles. The summed E-state index contributed by atoms with van der Waals surface area (Å²) in [6.07, 6.45) is 2.53. The molecule has 0 spiro atoms. The molecule has 4 heteroatoms. The Morgan fingerprint density at radius 1 is 1.35 bits per heavy atom. The molecule has 1 saturated heterocycles. The monoisotopic (exact) mass is 272 g/mol. The van der Waals surface area contributed by atoms with Gasteiger partial charge in [-0.25, -0.2) is 4.98 Å². The van der Waals surface area contributed by atoms with E-state index in [1.807, 2.05) is 19.1 Å². The lowest BCUT2D eigenvalue weighted by Crippen LogP contribution is -2.29. The summed E-state index contributed by atoms with van der Waals surface area (Å²) in [6.45, 7) is 6.27. The maximum absolute atomic E-state index is 9.97. The fourth-order valence-electron chi connectivity index (χ4n) is 2.61. The minimum absolute atomic E-state index is 0.566. The minimum Gasteiger partial charge on any atom is -0.444 e. The number of aromatic nitrogens is 1. The standard InChI is InChI=1S/C16H20N2O2/c1-12-3-5-13(6-4-12)15-17-14(10-20-15)9-18-8-7-16(2,19)11-18/h3-6,10,19H,7-9,11H2,1-2H3. The molecule has 2 aromatic rings. The van der Waals surface area contributed by atoms with Gasteiger partial charge in [0.15, 0.2) is 0 Å². The second kappa shape index (κ2) is 5.04. The van der Waals surface area contributed by atoms with Crippen LogP contribution in [-0.4, -0.2) is 33.7 Å². The Kier molecular flexibility index (Phi) is 3.36. The Morgan fingerprint density at radius 2 is 2.10 bits per heavy atom. The van der Waals surface area contributed by atoms with E-state index in [0.29, 0.717) is 12.4 Å². The first-order valence-corrected chi connectivity index (χ1v) is 6.98. The highest BCUT2D eigenvalue weighted by molar-refractivity contribution is 5.53. The number of rotatable bonds is 3. The van der Waals surface area contributed by atoms with E-state index in [0.717, 1.165) is 30.8 Å². The largest absolute Gasteiger partial charge is 0.444 e. The van der Waals surface area contributed by atoms with Crippen LogP contribution in [0.5, 0.6) is 0 Å². The van der Waals surface area contributed by atoms with Crippen molar-refractivity contribution in [1.29, 1.82) is 0 Å². The van der Waals surface area contributed by atoms with Crippen LogP contribution < -0.4 is 0 Å². The average Bonchev–Trinajstić information content (AvgIpc) is 2.98. The zero-order valence-corrected chi connectivity index (χ0v) is 12.0. The number of aryl methyl sites for hydroxylation is 1. The van der Waals surface area contributed by atoms with Gasteiger partial charge in [-0.05, 0) is 32.4 Å². The van der Waals surface area contributed by atoms with Crippen molar-refractivity contribution in [3.63, 3.8) is 0 Å². The molecule has 1 aromatic heterocycles. The summed E-state index contributed by atoms with van der Waals surface area (Å²) in [5, 5.41) is 9.97. The van der Waals surface area contributed by atoms with Crippen molar-refractivity contribution >= 4 is 0 Å². The molecular weight excluding hydrogens is 252 g/mol. The van der Waals surface area contributed by atoms with Crippen LogP contribution in [0.3, 0.4) is 0 Å². The van der Waals surface area contributed by atoms with Gasteiger partial charge < -0.3 is 9.52 Å². The van der Waals surface area contributed by atoms with Crippen LogP contribution in [0.15, 0.2) is 34.9 Å². The summed E-state index contributed by atoms with van der Waals surface area (Å²) in [5.41, 5.74) is 2.57. The van der Waals surface area contributed by atoms with Crippen LogP contribution in [0.4, 0.5) is 0 Å². The summed E-state index contributed by atoms with van der Waals surface area (Å²) in [4.78, 5) is 6.74. The third-order valence-electron chi connectivity index (χ3n) is 3.77. The maximum atomic E-state index is 9.97. The molecule has 0 amide bonds. The Hall–Kier alpha value is -1.65. The van der Waals surface area contributed by atoms with Crippen molar-refractivity contribution in [1.82, 2.24) is 9.88 Å². The number of nitrogens with zero attached hydrogens (tertiary/aromatic N) is 2. The normalized spacial score (nSPS) is 23.4. The Labute approximate surface area is 119 Å². The van der Waals surface area contributed by atoms with Crippen LogP contribution in [-0.2, 0) is 6.54 Å². The molecular formula is C16H20N2O2. The molecule has 2 heterocycles. The molecule has 0 aliphatic carbocycles. The zero-order valence-electron chi connectivity index (χ0n) is 12.0. The van der Waals surface area contributed by atoms with E-state index in [2.05, 4.69) is 28.9 Å². The van der Waals surface area contributed by atoms with Gasteiger partial charge in [0, 0.05) is 25.2 Å². The first-order valence-electron chi connectivity index (χ1n) is 6.98. The Bertz CT molecular complexity index is 587. The highest BCUT2D eigenvalue weighted by Crippen LogP contribution is 2.23. The van der Waals surface area contributed by atoms with Crippen LogP contribution in [0.2, 0.25) is 0 Å². The van der Waals surface area contributed by atoms with Crippen molar-refractivity contribution in [2.75, 3.05) is 13.1 Å². The molecule has 1 atom stereocenters. The molecule has 0 bridgehead atoms. The average molecular weight is 272 g/mol. The fourth-order valence-corrected chi connectivity index (χ4v) is 2.61. The van der Waals surface area contributed by atoms with Crippen LogP contribution in [0.25, 0.3) is 11.5 Å². The number of benzene rings is 1. The Balaban J connectivity index is 1.70. The molecule has 106 valence electrons. The number of aliphatic hydroxyl groups is 1. The number of oxazole rings is 1. The second-order valence-corrected chi connectivity index (χ2v) is 5.97. The van der Waals surface area contributed by atoms with Gasteiger partial charge in [0.1, 0.15) is 6.26 Å². The van der Waals surface area contributed by atoms with Gasteiger partial charge in [-0.3, -0.25) is 4.90 Å². The summed E-state index contributed by atoms with van der Waals surface area (Å²) >= 11 is 0. The molecule has 3 rings (SSSR count). The molecule has 1 aliphatic rings. The van der Waals surface area contributed by atoms with E-state index in [4.69, 9.17) is 4.42 Å². The van der Waals surface area contributed by atoms with E-state index in [-0.39, 0.29) is 0 Å². The molecule has 20 heavy (non-hydrogen) atoms. The minimum atomic E-state index is -0.566. The zero-order chi connectivity index (χ0) is 14.2. The van der Waals surface area contributed by atoms with Crippen LogP contribution in [0, 0.1) is 6.92 Å². The lowest BCUT2D eigenvalue weighted by Gasteiger charge is -2.17. The summed E-state index contributed by atoms with van der Waals surface area (Å²) in [5.74, 6) is 0.658. The van der Waals surface area contributed by atoms with Gasteiger partial charge in [0.2, 0.25) is 5.89 Å². The first-order chi connectivity index (χ1) is 9.52. The second-order valence-electron chi connectivity index (χ2n) is 5.97. The van der Waals surface area contributed by atoms with Gasteiger partial charge in [-0.15, -0.1) is 0 Å². The number of hydrogen-bond donors (Lipinski definition) is 1. The molecule has 1 fully saturated rings. The van der Waals surface area contributed by atoms with Gasteiger partial charge in [0.05, 0.1) is 11.3 Å². The third kappa shape index (κ3) is 2.92. The Morgan fingerprint density at radius 3 is 2.75 bits per heavy atom. The molecule has 0 saturated carbocycles. The van der Waals surface area contributed by atoms with Crippen molar-refractivity contribution in [2.45, 2.75) is 32.4 Å². The van der Waals surface area contributed by atoms with Crippen molar-refractivity contribution in [2.24, 2.45) is 0 Å². The number of β-amino-alcohol motifs (C(OH)–C–C–N with tert-alkyl or cyclic N) is 1. The van der Waals surface area contributed by atoms with E-state index >= 15 is 0 Å². The van der Waals surface area contributed by atoms with E-state index in [1.54, 1.807) is 6.26 Å². The predicted molar refractivity (Wildman–Crippen MR) is 77.2 cm³/mol. The third-order valence-corrected chi connectivity index (χ3v) is 3.77. The van der Waals surface area contributed by atoms with Crippen LogP contribution >= 0.6 is 0 Å². The van der Waals surface area contributed by atoms with E-state index in [9.17, 15) is 5.11 Å². The number of hydrogen-bond acceptors (Lipinski definition) is 4. The van der Waals surface area contributed by atoms with Crippen molar-refractivity contribution in [3.05, 3.63) is 41.8 Å². The quantitative estimate of drug-likeness (QED) is 0.933. The maximum Gasteiger partial charge on any atom is 0.226 e. The summed E-state index contributed by atoms with van der Waals surface area (Å²) in [6, 6.07) is 8.14. The highest BCUT2D eigenvalue weighted by atomic mass is 16.3. The molecule has 1 unspecified atom stereocenters. The van der Waals surface area contributed by atoms with E-state index < -0.39 is 5.60 Å². The van der Waals surface area contributed by atoms with Crippen molar-refractivity contribution < 1.29 is 9.52 Å². The van der Waals surface area contributed by atoms with E-state index in [1.165, 1.54) is 5.56 Å². The fraction of sp³-hybridized carbons (Fsp3) is 0.438. The summed E-state index contributed by atoms with van der Waals surface area (Å²) in [7, 11) is 0. The van der Waals surface area contributed by atoms with Gasteiger partial charge in [-0.2, -0.15) is 0 Å². The first kappa shape index (κ1) is 13.3. The van der Waals surface area contributed by atoms with Gasteiger partial charge in [0.25, 0.3) is 0 Å². The molecule has 1 N–H and O–H groups in total. The molecule has 0 radical (unpaired) electrons. The van der Waals surface area contributed by atoms with Gasteiger partial charge >= 0.3 is 0 Å². The van der Waals surface area contributed by atoms with Crippen molar-refractivity contribution in [3.8, 4) is 11.5 Å². The molecule has 4 nitrogen and oxygen atoms in total. The molecule has 1 aliphatic heterocycles. The lowest BCUT2D eigenvalue weighted by molar-refractivity contribution is 0.0677.